The van der Waals surface area contributed by atoms with Gasteiger partial charge in [0.15, 0.2) is 0 Å². The predicted octanol–water partition coefficient (Wildman–Crippen LogP) is 3.36. The van der Waals surface area contributed by atoms with Crippen molar-refractivity contribution in [2.45, 2.75) is 6.54 Å². The lowest BCUT2D eigenvalue weighted by Crippen LogP contribution is -2.26. The number of nitrogens with zero attached hydrogens (tertiary/aromatic N) is 2. The zero-order valence-corrected chi connectivity index (χ0v) is 16.3. The zero-order valence-electron chi connectivity index (χ0n) is 16.3. The van der Waals surface area contributed by atoms with Crippen LogP contribution in [0.2, 0.25) is 0 Å². The van der Waals surface area contributed by atoms with E-state index in [9.17, 15) is 4.79 Å². The molecule has 3 rings (SSSR count). The van der Waals surface area contributed by atoms with E-state index in [0.717, 1.165) is 11.9 Å². The molecule has 0 saturated carbocycles. The first-order valence-corrected chi connectivity index (χ1v) is 9.06. The molecular weight excluding hydrogens is 382 g/mol. The lowest BCUT2D eigenvalue weighted by molar-refractivity contribution is 0.200. The van der Waals surface area contributed by atoms with Crippen molar-refractivity contribution in [3.63, 3.8) is 0 Å². The maximum Gasteiger partial charge on any atom is 0.412 e. The van der Waals surface area contributed by atoms with Crippen molar-refractivity contribution in [2.75, 3.05) is 7.11 Å². The van der Waals surface area contributed by atoms with Crippen molar-refractivity contribution < 1.29 is 14.3 Å². The van der Waals surface area contributed by atoms with Gasteiger partial charge in [0.25, 0.3) is 0 Å². The summed E-state index contributed by atoms with van der Waals surface area (Å²) in [6.45, 7) is 0.361. The first kappa shape index (κ1) is 20.5. The van der Waals surface area contributed by atoms with Crippen LogP contribution in [0.25, 0.3) is 11.1 Å². The quantitative estimate of drug-likeness (QED) is 0.412. The molecule has 1 aromatic heterocycles. The molecule has 8 heteroatoms. The summed E-state index contributed by atoms with van der Waals surface area (Å²) in [6, 6.07) is 16.4. The first-order valence-electron chi connectivity index (χ1n) is 9.06. The summed E-state index contributed by atoms with van der Waals surface area (Å²) in [7, 11) is 1.55. The number of amides is 1. The fourth-order valence-corrected chi connectivity index (χ4v) is 2.76. The number of benzene rings is 2. The largest absolute Gasteiger partial charge is 0.496 e. The Kier molecular flexibility index (Phi) is 6.73. The third kappa shape index (κ3) is 5.20. The summed E-state index contributed by atoms with van der Waals surface area (Å²) in [5.74, 6) is 1.10. The highest BCUT2D eigenvalue weighted by atomic mass is 16.6. The number of carbonyl (C=O) groups is 1. The van der Waals surface area contributed by atoms with E-state index in [4.69, 9.17) is 20.6 Å². The van der Waals surface area contributed by atoms with E-state index in [1.165, 1.54) is 0 Å². The fourth-order valence-electron chi connectivity index (χ4n) is 2.76. The van der Waals surface area contributed by atoms with Gasteiger partial charge in [0.1, 0.15) is 23.7 Å². The normalized spacial score (nSPS) is 10.9. The number of rotatable bonds is 7. The number of nitrogens with one attached hydrogen (secondary N) is 2. The van der Waals surface area contributed by atoms with Crippen LogP contribution in [0.15, 0.2) is 72.0 Å². The Bertz CT molecular complexity index is 1070. The van der Waals surface area contributed by atoms with Crippen LogP contribution in [0.1, 0.15) is 11.1 Å². The molecule has 0 saturated heterocycles. The SMILES string of the molecule is COc1ccc(OC(=O)NCc2ccccc2)cc1-c1cncc(C(N)=NC=N)c1. The van der Waals surface area contributed by atoms with Gasteiger partial charge in [0.05, 0.1) is 7.11 Å². The number of nitrogens with two attached hydrogens (primary N) is 1. The van der Waals surface area contributed by atoms with Crippen molar-refractivity contribution in [3.05, 3.63) is 78.1 Å². The molecule has 1 amide bonds. The van der Waals surface area contributed by atoms with Crippen molar-refractivity contribution in [3.8, 4) is 22.6 Å². The summed E-state index contributed by atoms with van der Waals surface area (Å²) in [5.41, 5.74) is 8.75. The third-order valence-corrected chi connectivity index (χ3v) is 4.21. The molecule has 0 radical (unpaired) electrons. The zero-order chi connectivity index (χ0) is 21.3. The molecule has 0 aliphatic carbocycles. The molecule has 1 heterocycles. The lowest BCUT2D eigenvalue weighted by Gasteiger charge is -2.12. The van der Waals surface area contributed by atoms with Crippen LogP contribution in [0.5, 0.6) is 11.5 Å². The summed E-state index contributed by atoms with van der Waals surface area (Å²) < 4.78 is 10.8. The summed E-state index contributed by atoms with van der Waals surface area (Å²) in [5, 5.41) is 9.77. The Morgan fingerprint density at radius 3 is 2.73 bits per heavy atom. The molecule has 0 fully saturated rings. The highest BCUT2D eigenvalue weighted by molar-refractivity contribution is 6.01. The van der Waals surface area contributed by atoms with E-state index in [1.54, 1.807) is 43.8 Å². The molecule has 0 bridgehead atoms. The minimum Gasteiger partial charge on any atom is -0.496 e. The average Bonchev–Trinajstić information content (AvgIpc) is 2.78. The number of amidine groups is 1. The fraction of sp³-hybridized carbons (Fsp3) is 0.0909. The number of carbonyl (C=O) groups excluding carboxylic acids is 1. The molecule has 30 heavy (non-hydrogen) atoms. The molecule has 2 aromatic carbocycles. The van der Waals surface area contributed by atoms with Gasteiger partial charge < -0.3 is 20.5 Å². The molecule has 0 spiro atoms. The molecule has 0 atom stereocenters. The Labute approximate surface area is 173 Å². The van der Waals surface area contributed by atoms with Gasteiger partial charge >= 0.3 is 6.09 Å². The van der Waals surface area contributed by atoms with E-state index in [-0.39, 0.29) is 5.84 Å². The van der Waals surface area contributed by atoms with Crippen LogP contribution < -0.4 is 20.5 Å². The Hall–Kier alpha value is -4.20. The van der Waals surface area contributed by atoms with Crippen LogP contribution in [0.3, 0.4) is 0 Å². The van der Waals surface area contributed by atoms with Gasteiger partial charge in [0.2, 0.25) is 0 Å². The Balaban J connectivity index is 1.80. The van der Waals surface area contributed by atoms with Crippen molar-refractivity contribution in [1.82, 2.24) is 10.3 Å². The Morgan fingerprint density at radius 1 is 1.20 bits per heavy atom. The number of aliphatic imine (C=N–C) groups is 1. The van der Waals surface area contributed by atoms with Gasteiger partial charge in [-0.1, -0.05) is 30.3 Å². The highest BCUT2D eigenvalue weighted by Gasteiger charge is 2.12. The molecule has 152 valence electrons. The minimum absolute atomic E-state index is 0.172. The van der Waals surface area contributed by atoms with Gasteiger partial charge in [-0.2, -0.15) is 0 Å². The summed E-state index contributed by atoms with van der Waals surface area (Å²) in [6.07, 6.45) is 3.49. The van der Waals surface area contributed by atoms with Crippen molar-refractivity contribution in [2.24, 2.45) is 10.7 Å². The minimum atomic E-state index is -0.566. The molecule has 4 N–H and O–H groups in total. The summed E-state index contributed by atoms with van der Waals surface area (Å²) in [4.78, 5) is 20.1. The highest BCUT2D eigenvalue weighted by Crippen LogP contribution is 2.33. The van der Waals surface area contributed by atoms with Crippen LogP contribution >= 0.6 is 0 Å². The average molecular weight is 403 g/mol. The van der Waals surface area contributed by atoms with Gasteiger partial charge in [0, 0.05) is 35.6 Å². The number of pyridine rings is 1. The smallest absolute Gasteiger partial charge is 0.412 e. The van der Waals surface area contributed by atoms with E-state index in [1.807, 2.05) is 30.3 Å². The van der Waals surface area contributed by atoms with E-state index >= 15 is 0 Å². The van der Waals surface area contributed by atoms with E-state index in [0.29, 0.717) is 34.7 Å². The second kappa shape index (κ2) is 9.83. The topological polar surface area (TPSA) is 123 Å². The maximum atomic E-state index is 12.2. The second-order valence-electron chi connectivity index (χ2n) is 6.20. The van der Waals surface area contributed by atoms with Gasteiger partial charge in [-0.25, -0.2) is 9.79 Å². The van der Waals surface area contributed by atoms with Crippen LogP contribution in [-0.4, -0.2) is 30.4 Å². The van der Waals surface area contributed by atoms with Crippen molar-refractivity contribution in [1.29, 1.82) is 5.41 Å². The Morgan fingerprint density at radius 2 is 2.00 bits per heavy atom. The first-order chi connectivity index (χ1) is 14.6. The van der Waals surface area contributed by atoms with Crippen LogP contribution in [-0.2, 0) is 6.54 Å². The third-order valence-electron chi connectivity index (χ3n) is 4.21. The number of hydrogen-bond acceptors (Lipinski definition) is 5. The molecule has 3 aromatic rings. The van der Waals surface area contributed by atoms with Gasteiger partial charge in [-0.3, -0.25) is 10.4 Å². The van der Waals surface area contributed by atoms with Crippen molar-refractivity contribution >= 4 is 18.3 Å². The monoisotopic (exact) mass is 403 g/mol. The lowest BCUT2D eigenvalue weighted by atomic mass is 10.0. The van der Waals surface area contributed by atoms with Crippen LogP contribution in [0.4, 0.5) is 4.79 Å². The van der Waals surface area contributed by atoms with Gasteiger partial charge in [-0.05, 0) is 29.8 Å². The van der Waals surface area contributed by atoms with Crippen LogP contribution in [0, 0.1) is 5.41 Å². The number of ether oxygens (including phenoxy) is 2. The number of methoxy groups -OCH3 is 1. The maximum absolute atomic E-state index is 12.2. The van der Waals surface area contributed by atoms with E-state index in [2.05, 4.69) is 15.3 Å². The number of hydrogen-bond donors (Lipinski definition) is 3. The second-order valence-corrected chi connectivity index (χ2v) is 6.20. The standard InChI is InChI=1S/C22H21N5O3/c1-29-20-8-7-18(30-22(28)26-11-15-5-3-2-4-6-15)10-19(20)16-9-17(13-25-12-16)21(24)27-14-23/h2-10,12-14H,11H2,1H3,(H,26,28)(H3,23,24,27). The molecule has 0 aliphatic heterocycles. The molecule has 0 unspecified atom stereocenters. The van der Waals surface area contributed by atoms with Gasteiger partial charge in [-0.15, -0.1) is 0 Å². The number of aromatic nitrogens is 1. The molecule has 8 nitrogen and oxygen atoms in total. The molecular formula is C22H21N5O3. The van der Waals surface area contributed by atoms with E-state index < -0.39 is 6.09 Å². The predicted molar refractivity (Wildman–Crippen MR) is 115 cm³/mol. The summed E-state index contributed by atoms with van der Waals surface area (Å²) >= 11 is 0. The molecule has 0 aliphatic rings.